The number of esters is 1. The van der Waals surface area contributed by atoms with Crippen LogP contribution in [0.15, 0.2) is 24.3 Å². The number of hydrogen-bond donors (Lipinski definition) is 2. The van der Waals surface area contributed by atoms with E-state index >= 15 is 0 Å². The van der Waals surface area contributed by atoms with E-state index in [1.807, 2.05) is 13.0 Å². The summed E-state index contributed by atoms with van der Waals surface area (Å²) in [5.41, 5.74) is 4.12. The minimum absolute atomic E-state index is 0.246. The van der Waals surface area contributed by atoms with Crippen molar-refractivity contribution in [3.63, 3.8) is 0 Å². The molecule has 2 N–H and O–H groups in total. The molecule has 1 aromatic heterocycles. The van der Waals surface area contributed by atoms with Crippen LogP contribution in [0.25, 0.3) is 0 Å². The van der Waals surface area contributed by atoms with Gasteiger partial charge in [0.05, 0.1) is 12.2 Å². The molecule has 162 valence electrons. The predicted molar refractivity (Wildman–Crippen MR) is 131 cm³/mol. The van der Waals surface area contributed by atoms with Gasteiger partial charge in [0.15, 0.2) is 5.11 Å². The number of carbonyl (C=O) groups excluding carboxylic acids is 1. The largest absolute Gasteiger partial charge is 0.462 e. The average Bonchev–Trinajstić information content (AvgIpc) is 3.03. The zero-order valence-electron chi connectivity index (χ0n) is 18.0. The van der Waals surface area contributed by atoms with Gasteiger partial charge in [0.1, 0.15) is 5.00 Å². The number of benzene rings is 1. The number of thiocarbonyl (C=S) groups is 1. The van der Waals surface area contributed by atoms with Gasteiger partial charge in [-0.2, -0.15) is 0 Å². The van der Waals surface area contributed by atoms with Crippen molar-refractivity contribution in [2.24, 2.45) is 0 Å². The fourth-order valence-electron chi connectivity index (χ4n) is 3.91. The van der Waals surface area contributed by atoms with Crippen LogP contribution in [-0.4, -0.2) is 17.7 Å². The molecule has 3 rings (SSSR count). The molecule has 30 heavy (non-hydrogen) atoms. The summed E-state index contributed by atoms with van der Waals surface area (Å²) in [4.78, 5) is 14.1. The summed E-state index contributed by atoms with van der Waals surface area (Å²) >= 11 is 7.28. The normalized spacial score (nSPS) is 13.7. The van der Waals surface area contributed by atoms with Crippen LogP contribution >= 0.6 is 23.6 Å². The molecule has 1 heterocycles. The summed E-state index contributed by atoms with van der Waals surface area (Å²) in [5, 5.41) is 7.99. The molecule has 0 saturated heterocycles. The molecule has 0 saturated carbocycles. The van der Waals surface area contributed by atoms with Gasteiger partial charge in [-0.1, -0.05) is 44.4 Å². The van der Waals surface area contributed by atoms with Crippen molar-refractivity contribution in [2.45, 2.75) is 71.6 Å². The van der Waals surface area contributed by atoms with E-state index in [-0.39, 0.29) is 5.97 Å². The standard InChI is InChI=1S/C24H32N2O2S2/c1-3-5-12-17-13-10-11-15-19(17)25-24(29)26-22-21(23(27)28-4-2)18-14-8-6-7-9-16-20(18)30-22/h10-11,13,15H,3-9,12,14,16H2,1-2H3,(H2,25,26,29). The van der Waals surface area contributed by atoms with Gasteiger partial charge in [0, 0.05) is 10.6 Å². The Bertz CT molecular complexity index is 876. The fraction of sp³-hybridized carbons (Fsp3) is 0.500. The van der Waals surface area contributed by atoms with Gasteiger partial charge in [-0.3, -0.25) is 0 Å². The van der Waals surface area contributed by atoms with Crippen molar-refractivity contribution in [1.29, 1.82) is 0 Å². The molecule has 0 bridgehead atoms. The smallest absolute Gasteiger partial charge is 0.341 e. The lowest BCUT2D eigenvalue weighted by Gasteiger charge is -2.14. The van der Waals surface area contributed by atoms with E-state index in [2.05, 4.69) is 35.8 Å². The van der Waals surface area contributed by atoms with Gasteiger partial charge >= 0.3 is 5.97 Å². The molecule has 0 radical (unpaired) electrons. The molecule has 0 fully saturated rings. The van der Waals surface area contributed by atoms with Crippen LogP contribution < -0.4 is 10.6 Å². The number of rotatable bonds is 7. The van der Waals surface area contributed by atoms with Crippen LogP contribution in [0, 0.1) is 0 Å². The lowest BCUT2D eigenvalue weighted by Crippen LogP contribution is -2.21. The van der Waals surface area contributed by atoms with Crippen molar-refractivity contribution >= 4 is 45.3 Å². The number of fused-ring (bicyclic) bond motifs is 1. The van der Waals surface area contributed by atoms with E-state index in [0.717, 1.165) is 54.8 Å². The molecule has 1 aromatic carbocycles. The van der Waals surface area contributed by atoms with Crippen LogP contribution in [0.2, 0.25) is 0 Å². The van der Waals surface area contributed by atoms with E-state index in [4.69, 9.17) is 17.0 Å². The monoisotopic (exact) mass is 444 g/mol. The molecule has 0 atom stereocenters. The Hall–Kier alpha value is -1.92. The summed E-state index contributed by atoms with van der Waals surface area (Å²) in [6, 6.07) is 8.27. The summed E-state index contributed by atoms with van der Waals surface area (Å²) < 4.78 is 5.39. The molecule has 0 unspecified atom stereocenters. The first-order chi connectivity index (χ1) is 14.6. The van der Waals surface area contributed by atoms with Gasteiger partial charge in [0.25, 0.3) is 0 Å². The average molecular weight is 445 g/mol. The Morgan fingerprint density at radius 3 is 2.63 bits per heavy atom. The van der Waals surface area contributed by atoms with Gasteiger partial charge in [-0.15, -0.1) is 11.3 Å². The first-order valence-electron chi connectivity index (χ1n) is 11.1. The number of carbonyl (C=O) groups is 1. The third-order valence-corrected chi connectivity index (χ3v) is 6.85. The van der Waals surface area contributed by atoms with Gasteiger partial charge in [-0.05, 0) is 74.9 Å². The molecular formula is C24H32N2O2S2. The summed E-state index contributed by atoms with van der Waals surface area (Å²) in [7, 11) is 0. The van der Waals surface area contributed by atoms with Crippen LogP contribution in [0.4, 0.5) is 10.7 Å². The Morgan fingerprint density at radius 1 is 1.10 bits per heavy atom. The van der Waals surface area contributed by atoms with E-state index < -0.39 is 0 Å². The quantitative estimate of drug-likeness (QED) is 0.366. The van der Waals surface area contributed by atoms with E-state index in [1.54, 1.807) is 11.3 Å². The third kappa shape index (κ3) is 5.82. The summed E-state index contributed by atoms with van der Waals surface area (Å²) in [6.07, 6.45) is 10.0. The number of thiophene rings is 1. The maximum absolute atomic E-state index is 12.8. The van der Waals surface area contributed by atoms with E-state index in [9.17, 15) is 4.79 Å². The van der Waals surface area contributed by atoms with Crippen molar-refractivity contribution in [3.05, 3.63) is 45.8 Å². The van der Waals surface area contributed by atoms with Crippen molar-refractivity contribution in [3.8, 4) is 0 Å². The van der Waals surface area contributed by atoms with E-state index in [1.165, 1.54) is 29.7 Å². The van der Waals surface area contributed by atoms with Gasteiger partial charge in [-0.25, -0.2) is 4.79 Å². The Morgan fingerprint density at radius 2 is 1.87 bits per heavy atom. The number of unbranched alkanes of at least 4 members (excludes halogenated alkanes) is 1. The molecule has 0 spiro atoms. The van der Waals surface area contributed by atoms with Gasteiger partial charge in [0.2, 0.25) is 0 Å². The number of para-hydroxylation sites is 1. The number of aryl methyl sites for hydroxylation is 2. The Balaban J connectivity index is 1.82. The molecule has 1 aliphatic carbocycles. The van der Waals surface area contributed by atoms with Crippen LogP contribution in [-0.2, 0) is 24.0 Å². The lowest BCUT2D eigenvalue weighted by atomic mass is 9.96. The van der Waals surface area contributed by atoms with Crippen LogP contribution in [0.5, 0.6) is 0 Å². The minimum Gasteiger partial charge on any atom is -0.462 e. The summed E-state index contributed by atoms with van der Waals surface area (Å²) in [5.74, 6) is -0.246. The second-order valence-corrected chi connectivity index (χ2v) is 9.20. The zero-order valence-corrected chi connectivity index (χ0v) is 19.6. The highest BCUT2D eigenvalue weighted by Crippen LogP contribution is 2.37. The molecule has 6 heteroatoms. The molecule has 0 aliphatic heterocycles. The third-order valence-electron chi connectivity index (χ3n) is 5.44. The molecule has 1 aliphatic rings. The van der Waals surface area contributed by atoms with Crippen molar-refractivity contribution < 1.29 is 9.53 Å². The minimum atomic E-state index is -0.246. The highest BCUT2D eigenvalue weighted by atomic mass is 32.1. The Kier molecular flexibility index (Phi) is 8.70. The van der Waals surface area contributed by atoms with Crippen molar-refractivity contribution in [1.82, 2.24) is 0 Å². The number of anilines is 2. The molecular weight excluding hydrogens is 412 g/mol. The van der Waals surface area contributed by atoms with Gasteiger partial charge < -0.3 is 15.4 Å². The predicted octanol–water partition coefficient (Wildman–Crippen LogP) is 6.74. The SMILES string of the molecule is CCCCc1ccccc1NC(=S)Nc1sc2c(c1C(=O)OCC)CCCCCC2. The Labute approximate surface area is 189 Å². The van der Waals surface area contributed by atoms with Crippen LogP contribution in [0.1, 0.15) is 78.7 Å². The number of nitrogens with one attached hydrogen (secondary N) is 2. The second kappa shape index (κ2) is 11.5. The molecule has 0 amide bonds. The van der Waals surface area contributed by atoms with E-state index in [0.29, 0.717) is 17.3 Å². The first kappa shape index (κ1) is 22.8. The summed E-state index contributed by atoms with van der Waals surface area (Å²) in [6.45, 7) is 4.42. The maximum Gasteiger partial charge on any atom is 0.341 e. The highest BCUT2D eigenvalue weighted by molar-refractivity contribution is 7.80. The first-order valence-corrected chi connectivity index (χ1v) is 12.3. The number of hydrogen-bond acceptors (Lipinski definition) is 4. The number of ether oxygens (including phenoxy) is 1. The second-order valence-electron chi connectivity index (χ2n) is 7.68. The fourth-order valence-corrected chi connectivity index (χ4v) is 5.47. The molecule has 4 nitrogen and oxygen atoms in total. The maximum atomic E-state index is 12.8. The highest BCUT2D eigenvalue weighted by Gasteiger charge is 2.25. The van der Waals surface area contributed by atoms with Crippen molar-refractivity contribution in [2.75, 3.05) is 17.2 Å². The topological polar surface area (TPSA) is 50.4 Å². The zero-order chi connectivity index (χ0) is 21.3. The molecule has 2 aromatic rings. The van der Waals surface area contributed by atoms with Crippen LogP contribution in [0.3, 0.4) is 0 Å². The lowest BCUT2D eigenvalue weighted by molar-refractivity contribution is 0.0526.